The van der Waals surface area contributed by atoms with Gasteiger partial charge in [0.05, 0.1) is 12.2 Å². The van der Waals surface area contributed by atoms with Crippen LogP contribution >= 0.6 is 11.6 Å². The van der Waals surface area contributed by atoms with Crippen LogP contribution in [0.3, 0.4) is 0 Å². The van der Waals surface area contributed by atoms with Gasteiger partial charge in [0.2, 0.25) is 0 Å². The molecule has 0 fully saturated rings. The molecule has 0 saturated heterocycles. The highest BCUT2D eigenvalue weighted by Crippen LogP contribution is 2.21. The van der Waals surface area contributed by atoms with E-state index < -0.39 is 0 Å². The molecule has 0 aliphatic carbocycles. The number of aromatic hydroxyl groups is 1. The lowest BCUT2D eigenvalue weighted by Crippen LogP contribution is -2.08. The number of phenols is 1. The highest BCUT2D eigenvalue weighted by Gasteiger charge is 2.07. The Morgan fingerprint density at radius 1 is 1.16 bits per heavy atom. The standard InChI is InChI=1S/C15H13ClO3/c16-13-6-7-14(17)12(10-13)8-9-19-15(18)11-4-2-1-3-5-11/h1-7,10,17H,8-9H2. The molecule has 0 heterocycles. The molecule has 0 aromatic heterocycles. The molecule has 0 spiro atoms. The van der Waals surface area contributed by atoms with Crippen LogP contribution in [0.25, 0.3) is 0 Å². The summed E-state index contributed by atoms with van der Waals surface area (Å²) in [6.07, 6.45) is 0.422. The number of benzene rings is 2. The average molecular weight is 277 g/mol. The van der Waals surface area contributed by atoms with Gasteiger partial charge in [-0.05, 0) is 35.9 Å². The maximum absolute atomic E-state index is 11.7. The second kappa shape index (κ2) is 6.25. The minimum atomic E-state index is -0.373. The van der Waals surface area contributed by atoms with Gasteiger partial charge < -0.3 is 9.84 Å². The van der Waals surface area contributed by atoms with Crippen molar-refractivity contribution < 1.29 is 14.6 Å². The molecule has 1 N–H and O–H groups in total. The summed E-state index contributed by atoms with van der Waals surface area (Å²) in [4.78, 5) is 11.7. The number of halogens is 1. The summed E-state index contributed by atoms with van der Waals surface area (Å²) in [5, 5.41) is 10.2. The van der Waals surface area contributed by atoms with Crippen LogP contribution in [0.15, 0.2) is 48.5 Å². The average Bonchev–Trinajstić information content (AvgIpc) is 2.43. The Morgan fingerprint density at radius 3 is 2.63 bits per heavy atom. The van der Waals surface area contributed by atoms with Crippen LogP contribution in [-0.4, -0.2) is 17.7 Å². The molecule has 2 rings (SSSR count). The van der Waals surface area contributed by atoms with E-state index in [4.69, 9.17) is 16.3 Å². The maximum atomic E-state index is 11.7. The summed E-state index contributed by atoms with van der Waals surface area (Å²) in [5.74, 6) is -0.220. The van der Waals surface area contributed by atoms with Crippen molar-refractivity contribution >= 4 is 17.6 Å². The second-order valence-corrected chi connectivity index (χ2v) is 4.46. The van der Waals surface area contributed by atoms with E-state index in [9.17, 15) is 9.90 Å². The molecule has 0 saturated carbocycles. The molecular formula is C15H13ClO3. The molecule has 19 heavy (non-hydrogen) atoms. The van der Waals surface area contributed by atoms with Gasteiger partial charge in [-0.2, -0.15) is 0 Å². The van der Waals surface area contributed by atoms with Crippen LogP contribution < -0.4 is 0 Å². The monoisotopic (exact) mass is 276 g/mol. The third-order valence-corrected chi connectivity index (χ3v) is 2.89. The summed E-state index contributed by atoms with van der Waals surface area (Å²) in [7, 11) is 0. The zero-order valence-electron chi connectivity index (χ0n) is 10.2. The van der Waals surface area contributed by atoms with Gasteiger partial charge in [0.15, 0.2) is 0 Å². The van der Waals surface area contributed by atoms with Crippen LogP contribution in [0.1, 0.15) is 15.9 Å². The lowest BCUT2D eigenvalue weighted by atomic mass is 10.1. The van der Waals surface area contributed by atoms with Gasteiger partial charge in [-0.25, -0.2) is 4.79 Å². The quantitative estimate of drug-likeness (QED) is 0.870. The zero-order valence-corrected chi connectivity index (χ0v) is 10.9. The Bertz CT molecular complexity index is 567. The Kier molecular flexibility index (Phi) is 4.42. The molecule has 0 bridgehead atoms. The van der Waals surface area contributed by atoms with Crippen molar-refractivity contribution in [2.75, 3.05) is 6.61 Å². The Labute approximate surface area is 116 Å². The summed E-state index contributed by atoms with van der Waals surface area (Å²) in [6, 6.07) is 13.6. The third-order valence-electron chi connectivity index (χ3n) is 2.66. The highest BCUT2D eigenvalue weighted by molar-refractivity contribution is 6.30. The molecule has 3 nitrogen and oxygen atoms in total. The number of carbonyl (C=O) groups excluding carboxylic acids is 1. The van der Waals surface area contributed by atoms with Crippen molar-refractivity contribution in [2.45, 2.75) is 6.42 Å². The molecule has 0 atom stereocenters. The van der Waals surface area contributed by atoms with Crippen LogP contribution in [0.5, 0.6) is 5.75 Å². The summed E-state index contributed by atoms with van der Waals surface area (Å²) >= 11 is 5.84. The van der Waals surface area contributed by atoms with Gasteiger partial charge in [0.25, 0.3) is 0 Å². The minimum Gasteiger partial charge on any atom is -0.508 e. The molecule has 0 unspecified atom stereocenters. The Morgan fingerprint density at radius 2 is 1.89 bits per heavy atom. The summed E-state index contributed by atoms with van der Waals surface area (Å²) in [5.41, 5.74) is 1.17. The first-order valence-corrected chi connectivity index (χ1v) is 6.24. The predicted octanol–water partition coefficient (Wildman–Crippen LogP) is 3.45. The highest BCUT2D eigenvalue weighted by atomic mass is 35.5. The van der Waals surface area contributed by atoms with Crippen LogP contribution in [0.2, 0.25) is 5.02 Å². The normalized spacial score (nSPS) is 10.2. The molecule has 4 heteroatoms. The van der Waals surface area contributed by atoms with Crippen molar-refractivity contribution in [3.8, 4) is 5.75 Å². The predicted molar refractivity (Wildman–Crippen MR) is 73.5 cm³/mol. The van der Waals surface area contributed by atoms with E-state index in [0.29, 0.717) is 22.6 Å². The number of rotatable bonds is 4. The number of ether oxygens (including phenoxy) is 1. The van der Waals surface area contributed by atoms with E-state index in [-0.39, 0.29) is 18.3 Å². The van der Waals surface area contributed by atoms with Crippen molar-refractivity contribution in [1.29, 1.82) is 0 Å². The fourth-order valence-electron chi connectivity index (χ4n) is 1.67. The second-order valence-electron chi connectivity index (χ2n) is 4.02. The molecule has 0 radical (unpaired) electrons. The number of carbonyl (C=O) groups is 1. The first kappa shape index (κ1) is 13.4. The molecule has 2 aromatic rings. The van der Waals surface area contributed by atoms with E-state index in [1.165, 1.54) is 6.07 Å². The first-order valence-electron chi connectivity index (χ1n) is 5.86. The minimum absolute atomic E-state index is 0.153. The number of hydrogen-bond acceptors (Lipinski definition) is 3. The lowest BCUT2D eigenvalue weighted by Gasteiger charge is -2.07. The van der Waals surface area contributed by atoms with E-state index in [0.717, 1.165) is 0 Å². The SMILES string of the molecule is O=C(OCCc1cc(Cl)ccc1O)c1ccccc1. The molecule has 0 aliphatic rings. The Hall–Kier alpha value is -2.00. The topological polar surface area (TPSA) is 46.5 Å². The van der Waals surface area contributed by atoms with Gasteiger partial charge in [-0.3, -0.25) is 0 Å². The van der Waals surface area contributed by atoms with Crippen molar-refractivity contribution in [1.82, 2.24) is 0 Å². The van der Waals surface area contributed by atoms with Gasteiger partial charge in [0.1, 0.15) is 5.75 Å². The molecular weight excluding hydrogens is 264 g/mol. The van der Waals surface area contributed by atoms with Crippen LogP contribution in [0, 0.1) is 0 Å². The van der Waals surface area contributed by atoms with Gasteiger partial charge in [-0.1, -0.05) is 29.8 Å². The third kappa shape index (κ3) is 3.73. The smallest absolute Gasteiger partial charge is 0.338 e. The lowest BCUT2D eigenvalue weighted by molar-refractivity contribution is 0.0508. The van der Waals surface area contributed by atoms with Crippen LogP contribution in [0.4, 0.5) is 0 Å². The zero-order chi connectivity index (χ0) is 13.7. The fraction of sp³-hybridized carbons (Fsp3) is 0.133. The molecule has 2 aromatic carbocycles. The number of hydrogen-bond donors (Lipinski definition) is 1. The Balaban J connectivity index is 1.90. The summed E-state index contributed by atoms with van der Waals surface area (Å²) in [6.45, 7) is 0.196. The fourth-order valence-corrected chi connectivity index (χ4v) is 1.86. The van der Waals surface area contributed by atoms with Gasteiger partial charge in [0, 0.05) is 11.4 Å². The first-order chi connectivity index (χ1) is 9.16. The summed E-state index contributed by atoms with van der Waals surface area (Å²) < 4.78 is 5.13. The van der Waals surface area contributed by atoms with E-state index in [1.807, 2.05) is 6.07 Å². The van der Waals surface area contributed by atoms with Gasteiger partial charge >= 0.3 is 5.97 Å². The van der Waals surface area contributed by atoms with Gasteiger partial charge in [-0.15, -0.1) is 0 Å². The largest absolute Gasteiger partial charge is 0.508 e. The van der Waals surface area contributed by atoms with Crippen molar-refractivity contribution in [2.24, 2.45) is 0 Å². The number of esters is 1. The van der Waals surface area contributed by atoms with Crippen LogP contribution in [-0.2, 0) is 11.2 Å². The van der Waals surface area contributed by atoms with E-state index in [1.54, 1.807) is 36.4 Å². The maximum Gasteiger partial charge on any atom is 0.338 e. The molecule has 0 aliphatic heterocycles. The molecule has 98 valence electrons. The van der Waals surface area contributed by atoms with E-state index >= 15 is 0 Å². The number of phenolic OH excluding ortho intramolecular Hbond substituents is 1. The van der Waals surface area contributed by atoms with Crippen molar-refractivity contribution in [3.05, 3.63) is 64.7 Å². The molecule has 0 amide bonds. The van der Waals surface area contributed by atoms with Crippen molar-refractivity contribution in [3.63, 3.8) is 0 Å². The van der Waals surface area contributed by atoms with E-state index in [2.05, 4.69) is 0 Å².